The van der Waals surface area contributed by atoms with Gasteiger partial charge in [-0.15, -0.1) is 0 Å². The summed E-state index contributed by atoms with van der Waals surface area (Å²) >= 11 is 0. The van der Waals surface area contributed by atoms with Crippen molar-refractivity contribution in [1.29, 1.82) is 0 Å². The molecule has 0 aliphatic heterocycles. The second-order valence-electron chi connectivity index (χ2n) is 2.97. The van der Waals surface area contributed by atoms with Gasteiger partial charge in [0, 0.05) is 35.4 Å². The molecule has 1 aromatic rings. The molecule has 0 N–H and O–H groups in total. The Labute approximate surface area is 89.4 Å². The molecule has 0 aromatic heterocycles. The van der Waals surface area contributed by atoms with E-state index in [1.807, 2.05) is 0 Å². The Bertz CT molecular complexity index is 208. The Morgan fingerprint density at radius 3 is 2.58 bits per heavy atom. The molecule has 0 amide bonds. The van der Waals surface area contributed by atoms with Crippen LogP contribution in [-0.4, -0.2) is 13.7 Å². The first-order valence-corrected chi connectivity index (χ1v) is 3.96. The minimum Gasteiger partial charge on any atom is -0.385 e. The number of aryl methyl sites for hydroxylation is 2. The Morgan fingerprint density at radius 2 is 2.17 bits per heavy atom. The third-order valence-electron chi connectivity index (χ3n) is 2.02. The average Bonchev–Trinajstić information content (AvgIpc) is 2.28. The molecule has 0 aliphatic carbocycles. The van der Waals surface area contributed by atoms with Crippen LogP contribution in [0.3, 0.4) is 0 Å². The van der Waals surface area contributed by atoms with Crippen molar-refractivity contribution in [2.75, 3.05) is 13.7 Å². The van der Waals surface area contributed by atoms with Crippen LogP contribution in [-0.2, 0) is 32.9 Å². The van der Waals surface area contributed by atoms with Gasteiger partial charge in [-0.05, 0) is 0 Å². The summed E-state index contributed by atoms with van der Waals surface area (Å²) in [4.78, 5) is 0. The van der Waals surface area contributed by atoms with Crippen LogP contribution in [0.5, 0.6) is 0 Å². The monoisotopic (exact) mass is 199 g/mol. The van der Waals surface area contributed by atoms with Crippen LogP contribution in [0, 0.1) is 13.8 Å². The minimum absolute atomic E-state index is 0. The van der Waals surface area contributed by atoms with Gasteiger partial charge in [0.2, 0.25) is 0 Å². The smallest absolute Gasteiger partial charge is 0.0388 e. The molecule has 0 unspecified atom stereocenters. The minimum atomic E-state index is 0. The number of ether oxygens (including phenoxy) is 1. The fraction of sp³-hybridized carbons (Fsp3) is 0.500. The Hall–Kier alpha value is 0.0243. The summed E-state index contributed by atoms with van der Waals surface area (Å²) in [5.41, 5.74) is 4.16. The quantitative estimate of drug-likeness (QED) is 0.535. The second kappa shape index (κ2) is 5.63. The van der Waals surface area contributed by atoms with Crippen LogP contribution in [0.15, 0.2) is 12.1 Å². The first kappa shape index (κ1) is 12.0. The predicted molar refractivity (Wildman–Crippen MR) is 47.1 cm³/mol. The molecule has 1 nitrogen and oxygen atoms in total. The van der Waals surface area contributed by atoms with Crippen molar-refractivity contribution in [3.63, 3.8) is 0 Å². The van der Waals surface area contributed by atoms with Gasteiger partial charge in [-0.1, -0.05) is 20.3 Å². The zero-order chi connectivity index (χ0) is 8.27. The topological polar surface area (TPSA) is 9.23 Å². The van der Waals surface area contributed by atoms with E-state index in [2.05, 4.69) is 26.0 Å². The molecular weight excluding hydrogens is 184 g/mol. The van der Waals surface area contributed by atoms with E-state index in [4.69, 9.17) is 4.74 Å². The maximum Gasteiger partial charge on any atom is 0.0388 e. The Kier molecular flexibility index (Phi) is 5.64. The predicted octanol–water partition coefficient (Wildman–Crippen LogP) is 2.21. The van der Waals surface area contributed by atoms with Crippen molar-refractivity contribution >= 4 is 0 Å². The molecule has 0 saturated heterocycles. The SMILES string of the molecule is COCCc1cc(C)[c-](C)c1.[Ti]. The van der Waals surface area contributed by atoms with Crippen LogP contribution in [0.4, 0.5) is 0 Å². The summed E-state index contributed by atoms with van der Waals surface area (Å²) in [6, 6.07) is 4.46. The summed E-state index contributed by atoms with van der Waals surface area (Å²) in [6.07, 6.45) is 1.03. The van der Waals surface area contributed by atoms with E-state index in [-0.39, 0.29) is 21.7 Å². The second-order valence-corrected chi connectivity index (χ2v) is 2.97. The summed E-state index contributed by atoms with van der Waals surface area (Å²) < 4.78 is 4.99. The van der Waals surface area contributed by atoms with Crippen molar-refractivity contribution in [2.45, 2.75) is 20.3 Å². The van der Waals surface area contributed by atoms with Crippen LogP contribution >= 0.6 is 0 Å². The van der Waals surface area contributed by atoms with Crippen molar-refractivity contribution in [1.82, 2.24) is 0 Å². The van der Waals surface area contributed by atoms with Crippen molar-refractivity contribution in [3.05, 3.63) is 28.8 Å². The molecule has 0 aliphatic rings. The van der Waals surface area contributed by atoms with E-state index in [9.17, 15) is 0 Å². The summed E-state index contributed by atoms with van der Waals surface area (Å²) in [7, 11) is 1.74. The zero-order valence-electron chi connectivity index (χ0n) is 7.98. The van der Waals surface area contributed by atoms with E-state index in [1.54, 1.807) is 7.11 Å². The fourth-order valence-electron chi connectivity index (χ4n) is 1.19. The van der Waals surface area contributed by atoms with E-state index < -0.39 is 0 Å². The normalized spacial score (nSPS) is 9.58. The molecule has 1 aromatic carbocycles. The molecular formula is C10H15OTi-. The number of hydrogen-bond donors (Lipinski definition) is 0. The summed E-state index contributed by atoms with van der Waals surface area (Å²) in [6.45, 7) is 5.11. The van der Waals surface area contributed by atoms with E-state index in [0.717, 1.165) is 13.0 Å². The standard InChI is InChI=1S/C10H15O.Ti/c1-8-6-10(4-5-11-3)7-9(8)2;/h6-7H,4-5H2,1-3H3;/q-1;. The largest absolute Gasteiger partial charge is 0.385 e. The van der Waals surface area contributed by atoms with Gasteiger partial charge >= 0.3 is 0 Å². The number of rotatable bonds is 3. The fourth-order valence-corrected chi connectivity index (χ4v) is 1.19. The van der Waals surface area contributed by atoms with Crippen LogP contribution < -0.4 is 0 Å². The van der Waals surface area contributed by atoms with Crippen molar-refractivity contribution in [3.8, 4) is 0 Å². The molecule has 1 rings (SSSR count). The van der Waals surface area contributed by atoms with E-state index >= 15 is 0 Å². The van der Waals surface area contributed by atoms with Gasteiger partial charge in [-0.2, -0.15) is 22.8 Å². The first-order valence-electron chi connectivity index (χ1n) is 3.96. The van der Waals surface area contributed by atoms with Gasteiger partial charge < -0.3 is 4.74 Å². The molecule has 0 spiro atoms. The average molecular weight is 199 g/mol. The summed E-state index contributed by atoms with van der Waals surface area (Å²) in [5, 5.41) is 0. The van der Waals surface area contributed by atoms with E-state index in [0.29, 0.717) is 0 Å². The third-order valence-corrected chi connectivity index (χ3v) is 2.02. The van der Waals surface area contributed by atoms with Crippen LogP contribution in [0.25, 0.3) is 0 Å². The molecule has 0 heterocycles. The maximum absolute atomic E-state index is 4.99. The van der Waals surface area contributed by atoms with E-state index in [1.165, 1.54) is 16.7 Å². The zero-order valence-corrected chi connectivity index (χ0v) is 9.54. The van der Waals surface area contributed by atoms with Crippen molar-refractivity contribution in [2.24, 2.45) is 0 Å². The first-order chi connectivity index (χ1) is 5.24. The molecule has 2 heteroatoms. The summed E-state index contributed by atoms with van der Waals surface area (Å²) in [5.74, 6) is 0. The molecule has 0 fully saturated rings. The van der Waals surface area contributed by atoms with Crippen LogP contribution in [0.1, 0.15) is 16.7 Å². The van der Waals surface area contributed by atoms with Gasteiger partial charge in [0.1, 0.15) is 0 Å². The third kappa shape index (κ3) is 3.18. The van der Waals surface area contributed by atoms with Crippen molar-refractivity contribution < 1.29 is 26.5 Å². The molecule has 66 valence electrons. The van der Waals surface area contributed by atoms with Gasteiger partial charge in [-0.25, -0.2) is 6.07 Å². The number of hydrogen-bond acceptors (Lipinski definition) is 1. The number of methoxy groups -OCH3 is 1. The maximum atomic E-state index is 4.99. The van der Waals surface area contributed by atoms with Gasteiger partial charge in [-0.3, -0.25) is 0 Å². The molecule has 0 saturated carbocycles. The molecule has 0 radical (unpaired) electrons. The molecule has 0 bridgehead atoms. The molecule has 12 heavy (non-hydrogen) atoms. The molecule has 0 atom stereocenters. The van der Waals surface area contributed by atoms with Crippen LogP contribution in [0.2, 0.25) is 0 Å². The Morgan fingerprint density at radius 1 is 1.50 bits per heavy atom. The van der Waals surface area contributed by atoms with Gasteiger partial charge in [0.15, 0.2) is 0 Å². The van der Waals surface area contributed by atoms with Gasteiger partial charge in [0.25, 0.3) is 0 Å². The van der Waals surface area contributed by atoms with Gasteiger partial charge in [0.05, 0.1) is 0 Å². The Balaban J connectivity index is 0.00000121.